The van der Waals surface area contributed by atoms with E-state index in [0.717, 1.165) is 19.4 Å². The third kappa shape index (κ3) is 4.98. The van der Waals surface area contributed by atoms with Gasteiger partial charge in [0.15, 0.2) is 0 Å². The number of halogens is 2. The van der Waals surface area contributed by atoms with E-state index in [9.17, 15) is 14.4 Å². The molecule has 0 aliphatic carbocycles. The number of H-pyrrole nitrogens is 1. The summed E-state index contributed by atoms with van der Waals surface area (Å²) in [4.78, 5) is 36.9. The van der Waals surface area contributed by atoms with Crippen LogP contribution in [-0.2, 0) is 11.3 Å². The number of nitrogens with one attached hydrogen (secondary N) is 3. The van der Waals surface area contributed by atoms with E-state index in [1.54, 1.807) is 0 Å². The monoisotopic (exact) mass is 380 g/mol. The van der Waals surface area contributed by atoms with Gasteiger partial charge >= 0.3 is 5.69 Å². The summed E-state index contributed by atoms with van der Waals surface area (Å²) in [5, 5.41) is 6.22. The molecule has 1 fully saturated rings. The Morgan fingerprint density at radius 1 is 1.52 bits per heavy atom. The van der Waals surface area contributed by atoms with Gasteiger partial charge in [-0.05, 0) is 42.2 Å². The standard InChI is InChI=1S/C12H17BrN4O3.ClH/c1-7-4-8(2-3-14-7)15-10(18)6-17-5-9(13)11(19)16-12(17)20;/h5,7-8,14H,2-4,6H2,1H3,(H,15,18)(H,16,19,20);1H. The molecule has 0 bridgehead atoms. The molecule has 1 saturated heterocycles. The molecule has 1 amide bonds. The maximum Gasteiger partial charge on any atom is 0.328 e. The number of nitrogens with zero attached hydrogens (tertiary/aromatic N) is 1. The number of carbonyl (C=O) groups is 1. The average molecular weight is 382 g/mol. The van der Waals surface area contributed by atoms with E-state index >= 15 is 0 Å². The number of hydrogen-bond acceptors (Lipinski definition) is 4. The zero-order valence-electron chi connectivity index (χ0n) is 11.5. The molecule has 1 aromatic heterocycles. The van der Waals surface area contributed by atoms with Crippen LogP contribution in [-0.4, -0.2) is 34.1 Å². The molecular formula is C12H18BrClN4O3. The lowest BCUT2D eigenvalue weighted by atomic mass is 10.0. The predicted molar refractivity (Wildman–Crippen MR) is 84.9 cm³/mol. The quantitative estimate of drug-likeness (QED) is 0.685. The topological polar surface area (TPSA) is 96.0 Å². The molecule has 1 aliphatic heterocycles. The first kappa shape index (κ1) is 17.9. The van der Waals surface area contributed by atoms with Crippen molar-refractivity contribution >= 4 is 34.2 Å². The third-order valence-electron chi connectivity index (χ3n) is 3.27. The van der Waals surface area contributed by atoms with Crippen LogP contribution in [0, 0.1) is 0 Å². The minimum absolute atomic E-state index is 0. The van der Waals surface area contributed by atoms with Gasteiger partial charge in [-0.2, -0.15) is 0 Å². The average Bonchev–Trinajstić information content (AvgIpc) is 2.36. The number of amides is 1. The molecule has 9 heteroatoms. The van der Waals surface area contributed by atoms with Crippen LogP contribution in [0.3, 0.4) is 0 Å². The smallest absolute Gasteiger partial charge is 0.328 e. The van der Waals surface area contributed by atoms with Crippen LogP contribution in [0.2, 0.25) is 0 Å². The van der Waals surface area contributed by atoms with Crippen LogP contribution in [0.15, 0.2) is 20.3 Å². The molecule has 118 valence electrons. The van der Waals surface area contributed by atoms with Crippen LogP contribution in [0.1, 0.15) is 19.8 Å². The van der Waals surface area contributed by atoms with E-state index in [1.807, 2.05) is 0 Å². The van der Waals surface area contributed by atoms with Gasteiger partial charge in [0.05, 0.1) is 4.47 Å². The highest BCUT2D eigenvalue weighted by molar-refractivity contribution is 9.10. The molecular weight excluding hydrogens is 364 g/mol. The zero-order chi connectivity index (χ0) is 14.7. The first-order valence-electron chi connectivity index (χ1n) is 6.47. The summed E-state index contributed by atoms with van der Waals surface area (Å²) >= 11 is 3.03. The minimum Gasteiger partial charge on any atom is -0.352 e. The summed E-state index contributed by atoms with van der Waals surface area (Å²) in [6.07, 6.45) is 3.07. The summed E-state index contributed by atoms with van der Waals surface area (Å²) in [6.45, 7) is 2.84. The van der Waals surface area contributed by atoms with Gasteiger partial charge in [-0.15, -0.1) is 12.4 Å². The highest BCUT2D eigenvalue weighted by Gasteiger charge is 2.20. The Labute approximate surface area is 136 Å². The van der Waals surface area contributed by atoms with Crippen LogP contribution in [0.25, 0.3) is 0 Å². The zero-order valence-corrected chi connectivity index (χ0v) is 13.9. The lowest BCUT2D eigenvalue weighted by Crippen LogP contribution is -2.48. The van der Waals surface area contributed by atoms with E-state index in [1.165, 1.54) is 10.8 Å². The summed E-state index contributed by atoms with van der Waals surface area (Å²) in [7, 11) is 0. The van der Waals surface area contributed by atoms with Crippen molar-refractivity contribution in [3.63, 3.8) is 0 Å². The maximum absolute atomic E-state index is 11.9. The van der Waals surface area contributed by atoms with Crippen LogP contribution in [0.5, 0.6) is 0 Å². The second-order valence-electron chi connectivity index (χ2n) is 5.01. The fraction of sp³-hybridized carbons (Fsp3) is 0.583. The van der Waals surface area contributed by atoms with Gasteiger partial charge in [0.25, 0.3) is 5.56 Å². The van der Waals surface area contributed by atoms with Crippen molar-refractivity contribution in [2.45, 2.75) is 38.4 Å². The van der Waals surface area contributed by atoms with E-state index < -0.39 is 11.2 Å². The van der Waals surface area contributed by atoms with Gasteiger partial charge in [-0.1, -0.05) is 0 Å². The lowest BCUT2D eigenvalue weighted by molar-refractivity contribution is -0.122. The molecule has 1 aliphatic rings. The van der Waals surface area contributed by atoms with E-state index in [-0.39, 0.29) is 35.4 Å². The molecule has 7 nitrogen and oxygen atoms in total. The van der Waals surface area contributed by atoms with Gasteiger partial charge in [0.1, 0.15) is 6.54 Å². The molecule has 1 aromatic rings. The fourth-order valence-electron chi connectivity index (χ4n) is 2.29. The van der Waals surface area contributed by atoms with Crippen molar-refractivity contribution in [3.05, 3.63) is 31.5 Å². The van der Waals surface area contributed by atoms with Crippen molar-refractivity contribution < 1.29 is 4.79 Å². The van der Waals surface area contributed by atoms with Crippen LogP contribution < -0.4 is 21.9 Å². The Hall–Kier alpha value is -1.12. The Kier molecular flexibility index (Phi) is 6.63. The molecule has 3 N–H and O–H groups in total. The number of rotatable bonds is 3. The van der Waals surface area contributed by atoms with Gasteiger partial charge in [0, 0.05) is 18.3 Å². The van der Waals surface area contributed by atoms with E-state index in [0.29, 0.717) is 6.04 Å². The number of aromatic nitrogens is 2. The minimum atomic E-state index is -0.591. The molecule has 2 unspecified atom stereocenters. The second kappa shape index (κ2) is 7.77. The van der Waals surface area contributed by atoms with Crippen molar-refractivity contribution in [1.82, 2.24) is 20.2 Å². The first-order valence-corrected chi connectivity index (χ1v) is 7.27. The molecule has 2 heterocycles. The fourth-order valence-corrected chi connectivity index (χ4v) is 2.64. The Balaban J connectivity index is 0.00000220. The molecule has 21 heavy (non-hydrogen) atoms. The second-order valence-corrected chi connectivity index (χ2v) is 5.86. The number of carbonyl (C=O) groups excluding carboxylic acids is 1. The Bertz CT molecular complexity index is 615. The lowest BCUT2D eigenvalue weighted by Gasteiger charge is -2.28. The maximum atomic E-state index is 11.9. The van der Waals surface area contributed by atoms with Crippen molar-refractivity contribution in [3.8, 4) is 0 Å². The van der Waals surface area contributed by atoms with Gasteiger partial charge in [0.2, 0.25) is 5.91 Å². The predicted octanol–water partition coefficient (Wildman–Crippen LogP) is -0.0224. The van der Waals surface area contributed by atoms with Gasteiger partial charge in [-0.3, -0.25) is 19.1 Å². The molecule has 0 radical (unpaired) electrons. The van der Waals surface area contributed by atoms with Gasteiger partial charge < -0.3 is 10.6 Å². The number of piperidine rings is 1. The first-order chi connectivity index (χ1) is 9.45. The van der Waals surface area contributed by atoms with E-state index in [2.05, 4.69) is 38.5 Å². The molecule has 0 saturated carbocycles. The highest BCUT2D eigenvalue weighted by atomic mass is 79.9. The van der Waals surface area contributed by atoms with Crippen LogP contribution >= 0.6 is 28.3 Å². The molecule has 0 spiro atoms. The van der Waals surface area contributed by atoms with Gasteiger partial charge in [-0.25, -0.2) is 4.79 Å². The highest BCUT2D eigenvalue weighted by Crippen LogP contribution is 2.07. The number of aromatic amines is 1. The summed E-state index contributed by atoms with van der Waals surface area (Å²) in [5.41, 5.74) is -1.09. The third-order valence-corrected chi connectivity index (χ3v) is 3.84. The number of hydrogen-bond donors (Lipinski definition) is 3. The van der Waals surface area contributed by atoms with Crippen molar-refractivity contribution in [1.29, 1.82) is 0 Å². The molecule has 0 aromatic carbocycles. The Morgan fingerprint density at radius 2 is 2.24 bits per heavy atom. The molecule has 2 rings (SSSR count). The van der Waals surface area contributed by atoms with E-state index in [4.69, 9.17) is 0 Å². The summed E-state index contributed by atoms with van der Waals surface area (Å²) in [5.74, 6) is -0.231. The molecule has 2 atom stereocenters. The normalized spacial score (nSPS) is 21.4. The Morgan fingerprint density at radius 3 is 2.90 bits per heavy atom. The summed E-state index contributed by atoms with van der Waals surface area (Å²) < 4.78 is 1.39. The SMILES string of the molecule is CC1CC(NC(=O)Cn2cc(Br)c(=O)[nH]c2=O)CCN1.Cl. The van der Waals surface area contributed by atoms with Crippen molar-refractivity contribution in [2.24, 2.45) is 0 Å². The summed E-state index contributed by atoms with van der Waals surface area (Å²) in [6, 6.07) is 0.500. The van der Waals surface area contributed by atoms with Crippen LogP contribution in [0.4, 0.5) is 0 Å². The van der Waals surface area contributed by atoms with Crippen molar-refractivity contribution in [2.75, 3.05) is 6.54 Å². The largest absolute Gasteiger partial charge is 0.352 e.